The van der Waals surface area contributed by atoms with Gasteiger partial charge in [-0.15, -0.1) is 0 Å². The van der Waals surface area contributed by atoms with Gasteiger partial charge in [-0.1, -0.05) is 5.16 Å². The molecule has 0 spiro atoms. The molecule has 0 aliphatic carbocycles. The molecule has 3 rings (SSSR count). The lowest BCUT2D eigenvalue weighted by atomic mass is 10.1. The molecule has 0 bridgehead atoms. The number of rotatable bonds is 7. The molecule has 0 radical (unpaired) electrons. The average molecular weight is 331 g/mol. The Morgan fingerprint density at radius 3 is 3.00 bits per heavy atom. The number of aliphatic hydroxyl groups excluding tert-OH is 1. The molecule has 2 aromatic rings. The van der Waals surface area contributed by atoms with Crippen molar-refractivity contribution in [3.05, 3.63) is 29.4 Å². The Morgan fingerprint density at radius 1 is 1.38 bits per heavy atom. The lowest BCUT2D eigenvalue weighted by Crippen LogP contribution is -2.32. The second kappa shape index (κ2) is 7.61. The number of hydrogen-bond donors (Lipinski definition) is 2. The Kier molecular flexibility index (Phi) is 5.30. The molecule has 130 valence electrons. The molecule has 7 nitrogen and oxygen atoms in total. The zero-order chi connectivity index (χ0) is 16.9. The lowest BCUT2D eigenvalue weighted by molar-refractivity contribution is 0.266. The second-order valence-corrected chi connectivity index (χ2v) is 6.27. The van der Waals surface area contributed by atoms with Crippen LogP contribution in [0.25, 0.3) is 0 Å². The van der Waals surface area contributed by atoms with E-state index in [1.54, 1.807) is 6.33 Å². The SMILES string of the molecule is Cc1noc(C)c1CCCNc1cc(N2CCCC2CO)ncn1. The van der Waals surface area contributed by atoms with Crippen LogP contribution in [0, 0.1) is 13.8 Å². The predicted octanol–water partition coefficient (Wildman–Crippen LogP) is 2.09. The Bertz CT molecular complexity index is 653. The maximum absolute atomic E-state index is 9.46. The van der Waals surface area contributed by atoms with Gasteiger partial charge < -0.3 is 19.8 Å². The minimum Gasteiger partial charge on any atom is -0.394 e. The van der Waals surface area contributed by atoms with Gasteiger partial charge in [0, 0.05) is 24.7 Å². The van der Waals surface area contributed by atoms with E-state index in [9.17, 15) is 5.11 Å². The van der Waals surface area contributed by atoms with Gasteiger partial charge in [0.25, 0.3) is 0 Å². The maximum Gasteiger partial charge on any atom is 0.137 e. The molecule has 0 amide bonds. The van der Waals surface area contributed by atoms with Gasteiger partial charge in [0.2, 0.25) is 0 Å². The van der Waals surface area contributed by atoms with E-state index in [2.05, 4.69) is 25.3 Å². The topological polar surface area (TPSA) is 87.3 Å². The first kappa shape index (κ1) is 16.7. The van der Waals surface area contributed by atoms with Crippen LogP contribution in [0.3, 0.4) is 0 Å². The van der Waals surface area contributed by atoms with E-state index in [-0.39, 0.29) is 12.6 Å². The van der Waals surface area contributed by atoms with Crippen molar-refractivity contribution in [3.63, 3.8) is 0 Å². The predicted molar refractivity (Wildman–Crippen MR) is 92.3 cm³/mol. The number of aromatic nitrogens is 3. The van der Waals surface area contributed by atoms with E-state index in [1.807, 2.05) is 19.9 Å². The second-order valence-electron chi connectivity index (χ2n) is 6.27. The molecule has 1 aliphatic rings. The van der Waals surface area contributed by atoms with Crippen molar-refractivity contribution < 1.29 is 9.63 Å². The van der Waals surface area contributed by atoms with Crippen molar-refractivity contribution in [2.24, 2.45) is 0 Å². The van der Waals surface area contributed by atoms with Gasteiger partial charge in [0.1, 0.15) is 23.7 Å². The third-order valence-corrected chi connectivity index (χ3v) is 4.63. The first-order valence-corrected chi connectivity index (χ1v) is 8.54. The molecule has 0 aromatic carbocycles. The van der Waals surface area contributed by atoms with E-state index >= 15 is 0 Å². The van der Waals surface area contributed by atoms with Crippen molar-refractivity contribution in [1.29, 1.82) is 0 Å². The van der Waals surface area contributed by atoms with E-state index in [4.69, 9.17) is 4.52 Å². The summed E-state index contributed by atoms with van der Waals surface area (Å²) in [6, 6.07) is 2.14. The normalized spacial score (nSPS) is 17.5. The van der Waals surface area contributed by atoms with Gasteiger partial charge in [-0.25, -0.2) is 9.97 Å². The molecule has 7 heteroatoms. The van der Waals surface area contributed by atoms with Gasteiger partial charge >= 0.3 is 0 Å². The van der Waals surface area contributed by atoms with E-state index in [0.717, 1.165) is 61.9 Å². The highest BCUT2D eigenvalue weighted by Crippen LogP contribution is 2.24. The third kappa shape index (κ3) is 3.67. The van der Waals surface area contributed by atoms with Crippen LogP contribution in [0.1, 0.15) is 36.3 Å². The Balaban J connectivity index is 1.53. The highest BCUT2D eigenvalue weighted by molar-refractivity contribution is 5.49. The molecule has 1 aliphatic heterocycles. The van der Waals surface area contributed by atoms with Crippen molar-refractivity contribution in [2.75, 3.05) is 29.9 Å². The molecule has 2 N–H and O–H groups in total. The zero-order valence-electron chi connectivity index (χ0n) is 14.3. The first-order chi connectivity index (χ1) is 11.7. The molecule has 3 heterocycles. The minimum atomic E-state index is 0.171. The van der Waals surface area contributed by atoms with Gasteiger partial charge in [0.05, 0.1) is 18.3 Å². The van der Waals surface area contributed by atoms with Gasteiger partial charge in [-0.05, 0) is 39.5 Å². The Hall–Kier alpha value is -2.15. The number of nitrogens with zero attached hydrogens (tertiary/aromatic N) is 4. The van der Waals surface area contributed by atoms with Gasteiger partial charge in [-0.2, -0.15) is 0 Å². The van der Waals surface area contributed by atoms with Crippen molar-refractivity contribution >= 4 is 11.6 Å². The summed E-state index contributed by atoms with van der Waals surface area (Å²) in [7, 11) is 0. The van der Waals surface area contributed by atoms with Crippen LogP contribution < -0.4 is 10.2 Å². The summed E-state index contributed by atoms with van der Waals surface area (Å²) in [6.45, 7) is 5.86. The third-order valence-electron chi connectivity index (χ3n) is 4.63. The molecular weight excluding hydrogens is 306 g/mol. The van der Waals surface area contributed by atoms with Gasteiger partial charge in [-0.3, -0.25) is 0 Å². The molecular formula is C17H25N5O2. The van der Waals surface area contributed by atoms with Crippen LogP contribution in [-0.2, 0) is 6.42 Å². The summed E-state index contributed by atoms with van der Waals surface area (Å²) in [5, 5.41) is 16.8. The molecule has 1 unspecified atom stereocenters. The summed E-state index contributed by atoms with van der Waals surface area (Å²) in [5.41, 5.74) is 2.17. The molecule has 1 saturated heterocycles. The molecule has 2 aromatic heterocycles. The van der Waals surface area contributed by atoms with Crippen LogP contribution in [0.2, 0.25) is 0 Å². The van der Waals surface area contributed by atoms with Crippen molar-refractivity contribution in [2.45, 2.75) is 45.6 Å². The number of anilines is 2. The largest absolute Gasteiger partial charge is 0.394 e. The smallest absolute Gasteiger partial charge is 0.137 e. The standard InChI is InChI=1S/C17H25N5O2/c1-12-15(13(2)24-21-12)6-3-7-18-16-9-17(20-11-19-16)22-8-4-5-14(22)10-23/h9,11,14,23H,3-8,10H2,1-2H3,(H,18,19,20). The summed E-state index contributed by atoms with van der Waals surface area (Å²) >= 11 is 0. The molecule has 1 atom stereocenters. The Labute approximate surface area is 142 Å². The van der Waals surface area contributed by atoms with E-state index < -0.39 is 0 Å². The van der Waals surface area contributed by atoms with Crippen LogP contribution in [0.15, 0.2) is 16.9 Å². The fourth-order valence-corrected chi connectivity index (χ4v) is 3.27. The summed E-state index contributed by atoms with van der Waals surface area (Å²) in [5.74, 6) is 2.61. The van der Waals surface area contributed by atoms with Crippen LogP contribution in [0.5, 0.6) is 0 Å². The van der Waals surface area contributed by atoms with Crippen molar-refractivity contribution in [1.82, 2.24) is 15.1 Å². The monoisotopic (exact) mass is 331 g/mol. The van der Waals surface area contributed by atoms with E-state index in [0.29, 0.717) is 0 Å². The van der Waals surface area contributed by atoms with Crippen LogP contribution in [-0.4, -0.2) is 46.0 Å². The summed E-state index contributed by atoms with van der Waals surface area (Å²) < 4.78 is 5.19. The fraction of sp³-hybridized carbons (Fsp3) is 0.588. The lowest BCUT2D eigenvalue weighted by Gasteiger charge is -2.24. The quantitative estimate of drug-likeness (QED) is 0.751. The number of aryl methyl sites for hydroxylation is 2. The highest BCUT2D eigenvalue weighted by atomic mass is 16.5. The summed E-state index contributed by atoms with van der Waals surface area (Å²) in [4.78, 5) is 10.8. The fourth-order valence-electron chi connectivity index (χ4n) is 3.27. The first-order valence-electron chi connectivity index (χ1n) is 8.54. The average Bonchev–Trinajstić information content (AvgIpc) is 3.19. The number of nitrogens with one attached hydrogen (secondary N) is 1. The number of hydrogen-bond acceptors (Lipinski definition) is 7. The van der Waals surface area contributed by atoms with E-state index in [1.165, 1.54) is 5.56 Å². The van der Waals surface area contributed by atoms with Gasteiger partial charge in [0.15, 0.2) is 0 Å². The summed E-state index contributed by atoms with van der Waals surface area (Å²) in [6.07, 6.45) is 5.60. The van der Waals surface area contributed by atoms with Crippen LogP contribution in [0.4, 0.5) is 11.6 Å². The Morgan fingerprint density at radius 2 is 2.25 bits per heavy atom. The molecule has 0 saturated carbocycles. The molecule has 1 fully saturated rings. The molecule has 24 heavy (non-hydrogen) atoms. The van der Waals surface area contributed by atoms with Crippen LogP contribution >= 0.6 is 0 Å². The highest BCUT2D eigenvalue weighted by Gasteiger charge is 2.25. The minimum absolute atomic E-state index is 0.171. The number of aliphatic hydroxyl groups is 1. The maximum atomic E-state index is 9.46. The zero-order valence-corrected chi connectivity index (χ0v) is 14.3. The van der Waals surface area contributed by atoms with Crippen molar-refractivity contribution in [3.8, 4) is 0 Å².